The van der Waals surface area contributed by atoms with Gasteiger partial charge in [-0.15, -0.1) is 0 Å². The van der Waals surface area contributed by atoms with Crippen LogP contribution < -0.4 is 0 Å². The Hall–Kier alpha value is -1.06. The Kier molecular flexibility index (Phi) is 1.89. The largest absolute Gasteiger partial charge is 0.480 e. The SMILES string of the molecule is O=C(O)C1(C(=O)O)[C@H]2C[C@@H]3C[C@@H](C[C@H]1C3)C2. The van der Waals surface area contributed by atoms with Crippen LogP contribution in [0.5, 0.6) is 0 Å². The Labute approximate surface area is 93.6 Å². The molecule has 4 rings (SSSR count). The predicted octanol–water partition coefficient (Wildman–Crippen LogP) is 1.60. The van der Waals surface area contributed by atoms with Gasteiger partial charge in [-0.2, -0.15) is 0 Å². The molecule has 4 aliphatic carbocycles. The van der Waals surface area contributed by atoms with Gasteiger partial charge in [0.05, 0.1) is 0 Å². The van der Waals surface area contributed by atoms with Crippen molar-refractivity contribution >= 4 is 11.9 Å². The van der Waals surface area contributed by atoms with Crippen LogP contribution in [-0.2, 0) is 9.59 Å². The topological polar surface area (TPSA) is 74.6 Å². The molecule has 0 aromatic heterocycles. The van der Waals surface area contributed by atoms with Crippen LogP contribution >= 0.6 is 0 Å². The van der Waals surface area contributed by atoms with Crippen molar-refractivity contribution in [1.29, 1.82) is 0 Å². The Morgan fingerprint density at radius 3 is 1.50 bits per heavy atom. The van der Waals surface area contributed by atoms with Crippen molar-refractivity contribution in [2.75, 3.05) is 0 Å². The summed E-state index contributed by atoms with van der Waals surface area (Å²) < 4.78 is 0. The van der Waals surface area contributed by atoms with Crippen LogP contribution in [0, 0.1) is 29.1 Å². The number of hydrogen-bond donors (Lipinski definition) is 2. The normalized spacial score (nSPS) is 43.2. The Bertz CT molecular complexity index is 316. The van der Waals surface area contributed by atoms with Crippen LogP contribution in [0.15, 0.2) is 0 Å². The molecule has 0 radical (unpaired) electrons. The molecule has 4 heteroatoms. The monoisotopic (exact) mass is 224 g/mol. The molecule has 4 fully saturated rings. The molecule has 0 aromatic carbocycles. The molecule has 4 aliphatic rings. The van der Waals surface area contributed by atoms with Gasteiger partial charge in [0.25, 0.3) is 0 Å². The molecular weight excluding hydrogens is 208 g/mol. The maximum atomic E-state index is 11.5. The minimum Gasteiger partial charge on any atom is -0.480 e. The van der Waals surface area contributed by atoms with Crippen LogP contribution in [0.2, 0.25) is 0 Å². The van der Waals surface area contributed by atoms with Crippen molar-refractivity contribution in [3.63, 3.8) is 0 Å². The van der Waals surface area contributed by atoms with Gasteiger partial charge in [0.15, 0.2) is 5.41 Å². The van der Waals surface area contributed by atoms with Crippen LogP contribution in [0.3, 0.4) is 0 Å². The second-order valence-corrected chi connectivity index (χ2v) is 5.78. The molecule has 0 unspecified atom stereocenters. The lowest BCUT2D eigenvalue weighted by atomic mass is 9.45. The summed E-state index contributed by atoms with van der Waals surface area (Å²) in [6.07, 6.45) is 4.44. The molecule has 4 nitrogen and oxygen atoms in total. The molecule has 16 heavy (non-hydrogen) atoms. The zero-order chi connectivity index (χ0) is 11.5. The van der Waals surface area contributed by atoms with E-state index in [1.807, 2.05) is 0 Å². The van der Waals surface area contributed by atoms with E-state index >= 15 is 0 Å². The van der Waals surface area contributed by atoms with E-state index in [4.69, 9.17) is 0 Å². The summed E-state index contributed by atoms with van der Waals surface area (Å²) >= 11 is 0. The highest BCUT2D eigenvalue weighted by Gasteiger charge is 2.65. The van der Waals surface area contributed by atoms with Crippen molar-refractivity contribution in [1.82, 2.24) is 0 Å². The smallest absolute Gasteiger partial charge is 0.321 e. The number of carbonyl (C=O) groups is 2. The standard InChI is InChI=1S/C12H16O4/c13-10(14)12(11(15)16)8-2-6-1-7(4-8)5-9(12)3-6/h6-9H,1-5H2,(H,13,14)(H,15,16)/t6-,7+,8-,9+. The lowest BCUT2D eigenvalue weighted by molar-refractivity contribution is -0.193. The molecule has 0 aliphatic heterocycles. The average Bonchev–Trinajstić information content (AvgIpc) is 2.14. The summed E-state index contributed by atoms with van der Waals surface area (Å²) in [6.45, 7) is 0. The molecule has 0 amide bonds. The quantitative estimate of drug-likeness (QED) is 0.698. The highest BCUT2D eigenvalue weighted by molar-refractivity contribution is 5.99. The van der Waals surface area contributed by atoms with E-state index in [2.05, 4.69) is 0 Å². The first-order chi connectivity index (χ1) is 7.55. The Morgan fingerprint density at radius 1 is 0.812 bits per heavy atom. The van der Waals surface area contributed by atoms with E-state index in [0.717, 1.165) is 25.7 Å². The van der Waals surface area contributed by atoms with Crippen LogP contribution in [-0.4, -0.2) is 22.2 Å². The third-order valence-corrected chi connectivity index (χ3v) is 5.13. The second kappa shape index (κ2) is 2.99. The fourth-order valence-electron chi connectivity index (χ4n) is 4.72. The van der Waals surface area contributed by atoms with Crippen molar-refractivity contribution in [3.05, 3.63) is 0 Å². The van der Waals surface area contributed by atoms with E-state index in [0.29, 0.717) is 11.8 Å². The van der Waals surface area contributed by atoms with Gasteiger partial charge in [0, 0.05) is 0 Å². The maximum Gasteiger partial charge on any atom is 0.321 e. The van der Waals surface area contributed by atoms with E-state index in [1.54, 1.807) is 0 Å². The third kappa shape index (κ3) is 1.00. The fourth-order valence-corrected chi connectivity index (χ4v) is 4.72. The van der Waals surface area contributed by atoms with Gasteiger partial charge in [0.2, 0.25) is 0 Å². The second-order valence-electron chi connectivity index (χ2n) is 5.78. The Balaban J connectivity index is 2.06. The summed E-state index contributed by atoms with van der Waals surface area (Å²) in [5, 5.41) is 18.8. The van der Waals surface area contributed by atoms with Crippen molar-refractivity contribution in [2.24, 2.45) is 29.1 Å². The summed E-state index contributed by atoms with van der Waals surface area (Å²) in [5.74, 6) is -1.27. The molecule has 88 valence electrons. The van der Waals surface area contributed by atoms with Gasteiger partial charge in [-0.1, -0.05) is 0 Å². The number of carboxylic acids is 2. The van der Waals surface area contributed by atoms with Crippen molar-refractivity contribution in [2.45, 2.75) is 32.1 Å². The van der Waals surface area contributed by atoms with Gasteiger partial charge >= 0.3 is 11.9 Å². The molecule has 0 aromatic rings. The average molecular weight is 224 g/mol. The number of hydrogen-bond acceptors (Lipinski definition) is 2. The van der Waals surface area contributed by atoms with Gasteiger partial charge in [0.1, 0.15) is 0 Å². The number of aliphatic carboxylic acids is 2. The Morgan fingerprint density at radius 2 is 1.19 bits per heavy atom. The van der Waals surface area contributed by atoms with Crippen molar-refractivity contribution < 1.29 is 19.8 Å². The van der Waals surface area contributed by atoms with Gasteiger partial charge < -0.3 is 10.2 Å². The van der Waals surface area contributed by atoms with Crippen LogP contribution in [0.4, 0.5) is 0 Å². The van der Waals surface area contributed by atoms with Gasteiger partial charge in [-0.05, 0) is 55.8 Å². The van der Waals surface area contributed by atoms with E-state index in [1.165, 1.54) is 6.42 Å². The highest BCUT2D eigenvalue weighted by Crippen LogP contribution is 2.62. The molecule has 4 bridgehead atoms. The lowest BCUT2D eigenvalue weighted by Gasteiger charge is -2.57. The van der Waals surface area contributed by atoms with E-state index in [9.17, 15) is 19.8 Å². The predicted molar refractivity (Wildman–Crippen MR) is 54.7 cm³/mol. The minimum atomic E-state index is -1.46. The summed E-state index contributed by atoms with van der Waals surface area (Å²) in [5.41, 5.74) is -1.46. The van der Waals surface area contributed by atoms with Crippen LogP contribution in [0.25, 0.3) is 0 Å². The molecule has 4 saturated carbocycles. The first-order valence-electron chi connectivity index (χ1n) is 6.02. The molecule has 0 spiro atoms. The van der Waals surface area contributed by atoms with E-state index in [-0.39, 0.29) is 11.8 Å². The number of carboxylic acid groups (broad SMARTS) is 2. The fraction of sp³-hybridized carbons (Fsp3) is 0.833. The third-order valence-electron chi connectivity index (χ3n) is 5.13. The maximum absolute atomic E-state index is 11.5. The van der Waals surface area contributed by atoms with Crippen molar-refractivity contribution in [3.8, 4) is 0 Å². The first kappa shape index (κ1) is 10.1. The minimum absolute atomic E-state index is 0.126. The molecule has 0 heterocycles. The molecule has 2 N–H and O–H groups in total. The van der Waals surface area contributed by atoms with Gasteiger partial charge in [-0.3, -0.25) is 9.59 Å². The van der Waals surface area contributed by atoms with E-state index < -0.39 is 17.4 Å². The molecule has 0 atom stereocenters. The van der Waals surface area contributed by atoms with Gasteiger partial charge in [-0.25, -0.2) is 0 Å². The molecule has 0 saturated heterocycles. The van der Waals surface area contributed by atoms with Crippen LogP contribution in [0.1, 0.15) is 32.1 Å². The highest BCUT2D eigenvalue weighted by atomic mass is 16.4. The first-order valence-corrected chi connectivity index (χ1v) is 6.02. The summed E-state index contributed by atoms with van der Waals surface area (Å²) in [4.78, 5) is 22.9. The summed E-state index contributed by atoms with van der Waals surface area (Å²) in [7, 11) is 0. The zero-order valence-corrected chi connectivity index (χ0v) is 9.06. The lowest BCUT2D eigenvalue weighted by Crippen LogP contribution is -2.60. The summed E-state index contributed by atoms with van der Waals surface area (Å²) in [6, 6.07) is 0. The molecular formula is C12H16O4. The zero-order valence-electron chi connectivity index (χ0n) is 9.06. The number of rotatable bonds is 2.